The average Bonchev–Trinajstić information content (AvgIpc) is 1.97. The van der Waals surface area contributed by atoms with Crippen LogP contribution in [-0.2, 0) is 9.59 Å². The van der Waals surface area contributed by atoms with Gasteiger partial charge >= 0.3 is 0 Å². The molecule has 0 bridgehead atoms. The van der Waals surface area contributed by atoms with E-state index in [9.17, 15) is 9.59 Å². The van der Waals surface area contributed by atoms with Crippen LogP contribution < -0.4 is 0 Å². The van der Waals surface area contributed by atoms with E-state index in [-0.39, 0.29) is 5.78 Å². The van der Waals surface area contributed by atoms with E-state index in [1.54, 1.807) is 0 Å². The Morgan fingerprint density at radius 3 is 2.17 bits per heavy atom. The Hall–Kier alpha value is -0.660. The van der Waals surface area contributed by atoms with Gasteiger partial charge in [-0.1, -0.05) is 34.1 Å². The molecule has 0 aliphatic carbocycles. The lowest BCUT2D eigenvalue weighted by molar-refractivity contribution is -0.128. The maximum Gasteiger partial charge on any atom is 0.209 e. The lowest BCUT2D eigenvalue weighted by Crippen LogP contribution is -2.29. The smallest absolute Gasteiger partial charge is 0.209 e. The molecule has 69 valence electrons. The zero-order chi connectivity index (χ0) is 9.78. The third-order valence-electron chi connectivity index (χ3n) is 1.78. The molecule has 0 aliphatic heterocycles. The SMILES string of the molecule is CCCC([C]=O)C(=O)C(C)(C)C. The van der Waals surface area contributed by atoms with Crippen LogP contribution in [-0.4, -0.2) is 12.1 Å². The number of hydrogen-bond donors (Lipinski definition) is 0. The largest absolute Gasteiger partial charge is 0.298 e. The highest BCUT2D eigenvalue weighted by atomic mass is 16.1. The highest BCUT2D eigenvalue weighted by Gasteiger charge is 2.28. The first-order valence-corrected chi connectivity index (χ1v) is 4.35. The summed E-state index contributed by atoms with van der Waals surface area (Å²) in [6.45, 7) is 7.44. The minimum Gasteiger partial charge on any atom is -0.298 e. The monoisotopic (exact) mass is 169 g/mol. The molecule has 1 atom stereocenters. The fourth-order valence-corrected chi connectivity index (χ4v) is 1.05. The second kappa shape index (κ2) is 4.39. The number of rotatable bonds is 4. The molecule has 0 N–H and O–H groups in total. The molecule has 0 rings (SSSR count). The molecule has 12 heavy (non-hydrogen) atoms. The summed E-state index contributed by atoms with van der Waals surface area (Å²) in [7, 11) is 0. The van der Waals surface area contributed by atoms with Crippen LogP contribution >= 0.6 is 0 Å². The van der Waals surface area contributed by atoms with Crippen molar-refractivity contribution in [3.63, 3.8) is 0 Å². The second-order valence-electron chi connectivity index (χ2n) is 4.07. The maximum atomic E-state index is 11.5. The highest BCUT2D eigenvalue weighted by Crippen LogP contribution is 2.21. The van der Waals surface area contributed by atoms with Crippen LogP contribution in [0.2, 0.25) is 0 Å². The molecular weight excluding hydrogens is 152 g/mol. The molecular formula is C10H17O2. The van der Waals surface area contributed by atoms with Crippen molar-refractivity contribution in [2.24, 2.45) is 11.3 Å². The summed E-state index contributed by atoms with van der Waals surface area (Å²) in [4.78, 5) is 22.0. The van der Waals surface area contributed by atoms with Crippen molar-refractivity contribution in [2.45, 2.75) is 40.5 Å². The Balaban J connectivity index is 4.32. The first-order chi connectivity index (χ1) is 5.43. The first kappa shape index (κ1) is 11.3. The summed E-state index contributed by atoms with van der Waals surface area (Å²) < 4.78 is 0. The Kier molecular flexibility index (Phi) is 4.15. The molecule has 0 aliphatic rings. The minimum absolute atomic E-state index is 0.000602. The van der Waals surface area contributed by atoms with Gasteiger partial charge in [0.15, 0.2) is 0 Å². The first-order valence-electron chi connectivity index (χ1n) is 4.35. The third kappa shape index (κ3) is 3.16. The zero-order valence-corrected chi connectivity index (χ0v) is 8.31. The molecule has 0 saturated carbocycles. The molecule has 0 saturated heterocycles. The summed E-state index contributed by atoms with van der Waals surface area (Å²) in [5.74, 6) is -0.519. The summed E-state index contributed by atoms with van der Waals surface area (Å²) in [5.41, 5.74) is -0.419. The van der Waals surface area contributed by atoms with Crippen molar-refractivity contribution >= 4 is 12.1 Å². The lowest BCUT2D eigenvalue weighted by atomic mass is 9.82. The Bertz CT molecular complexity index is 165. The number of carbonyl (C=O) groups is 1. The van der Waals surface area contributed by atoms with Gasteiger partial charge in [0.25, 0.3) is 0 Å². The molecule has 1 radical (unpaired) electrons. The topological polar surface area (TPSA) is 34.1 Å². The van der Waals surface area contributed by atoms with E-state index in [0.717, 1.165) is 6.42 Å². The molecule has 0 aromatic carbocycles. The van der Waals surface area contributed by atoms with Crippen molar-refractivity contribution in [3.05, 3.63) is 0 Å². The van der Waals surface area contributed by atoms with E-state index in [1.165, 1.54) is 0 Å². The Morgan fingerprint density at radius 1 is 1.42 bits per heavy atom. The van der Waals surface area contributed by atoms with E-state index < -0.39 is 11.3 Å². The molecule has 0 fully saturated rings. The van der Waals surface area contributed by atoms with Crippen molar-refractivity contribution in [2.75, 3.05) is 0 Å². The van der Waals surface area contributed by atoms with Crippen molar-refractivity contribution in [1.82, 2.24) is 0 Å². The van der Waals surface area contributed by atoms with Crippen LogP contribution in [0.4, 0.5) is 0 Å². The van der Waals surface area contributed by atoms with E-state index in [1.807, 2.05) is 34.0 Å². The highest BCUT2D eigenvalue weighted by molar-refractivity contribution is 5.96. The van der Waals surface area contributed by atoms with Gasteiger partial charge in [0.05, 0.1) is 5.92 Å². The van der Waals surface area contributed by atoms with Gasteiger partial charge in [-0.15, -0.1) is 0 Å². The van der Waals surface area contributed by atoms with E-state index in [0.29, 0.717) is 6.42 Å². The predicted molar refractivity (Wildman–Crippen MR) is 48.6 cm³/mol. The third-order valence-corrected chi connectivity index (χ3v) is 1.78. The molecule has 0 aromatic heterocycles. The van der Waals surface area contributed by atoms with Crippen LogP contribution in [0.25, 0.3) is 0 Å². The lowest BCUT2D eigenvalue weighted by Gasteiger charge is -2.19. The van der Waals surface area contributed by atoms with Crippen molar-refractivity contribution in [1.29, 1.82) is 0 Å². The van der Waals surface area contributed by atoms with E-state index >= 15 is 0 Å². The van der Waals surface area contributed by atoms with Gasteiger partial charge in [-0.25, -0.2) is 0 Å². The number of ketones is 1. The number of Topliss-reactive ketones (excluding diaryl/α,β-unsaturated/α-hetero) is 1. The van der Waals surface area contributed by atoms with Crippen LogP contribution in [0, 0.1) is 11.3 Å². The Labute approximate surface area is 74.3 Å². The summed E-state index contributed by atoms with van der Waals surface area (Å²) >= 11 is 0. The van der Waals surface area contributed by atoms with Crippen LogP contribution in [0.3, 0.4) is 0 Å². The summed E-state index contributed by atoms with van der Waals surface area (Å²) in [6.07, 6.45) is 3.28. The van der Waals surface area contributed by atoms with E-state index in [4.69, 9.17) is 0 Å². The quantitative estimate of drug-likeness (QED) is 0.604. The summed E-state index contributed by atoms with van der Waals surface area (Å²) in [5, 5.41) is 0. The minimum atomic E-state index is -0.519. The fraction of sp³-hybridized carbons (Fsp3) is 0.800. The zero-order valence-electron chi connectivity index (χ0n) is 8.31. The van der Waals surface area contributed by atoms with Gasteiger partial charge in [-0.2, -0.15) is 0 Å². The molecule has 0 spiro atoms. The maximum absolute atomic E-state index is 11.5. The number of carbonyl (C=O) groups excluding carboxylic acids is 2. The molecule has 2 nitrogen and oxygen atoms in total. The van der Waals surface area contributed by atoms with Gasteiger partial charge in [0, 0.05) is 5.41 Å². The molecule has 2 heteroatoms. The van der Waals surface area contributed by atoms with Gasteiger partial charge in [0.2, 0.25) is 6.29 Å². The van der Waals surface area contributed by atoms with Crippen LogP contribution in [0.1, 0.15) is 40.5 Å². The Morgan fingerprint density at radius 2 is 1.92 bits per heavy atom. The molecule has 0 aromatic rings. The van der Waals surface area contributed by atoms with Gasteiger partial charge < -0.3 is 0 Å². The fourth-order valence-electron chi connectivity index (χ4n) is 1.05. The van der Waals surface area contributed by atoms with Gasteiger partial charge in [-0.05, 0) is 6.42 Å². The van der Waals surface area contributed by atoms with Gasteiger partial charge in [0.1, 0.15) is 5.78 Å². The van der Waals surface area contributed by atoms with Gasteiger partial charge in [-0.3, -0.25) is 9.59 Å². The molecule has 0 heterocycles. The number of hydrogen-bond acceptors (Lipinski definition) is 2. The normalized spacial score (nSPS) is 14.0. The van der Waals surface area contributed by atoms with Crippen molar-refractivity contribution in [3.8, 4) is 0 Å². The van der Waals surface area contributed by atoms with E-state index in [2.05, 4.69) is 0 Å². The summed E-state index contributed by atoms with van der Waals surface area (Å²) in [6, 6.07) is 0. The predicted octanol–water partition coefficient (Wildman–Crippen LogP) is 2.13. The van der Waals surface area contributed by atoms with Crippen LogP contribution in [0.5, 0.6) is 0 Å². The van der Waals surface area contributed by atoms with Crippen molar-refractivity contribution < 1.29 is 9.59 Å². The van der Waals surface area contributed by atoms with Crippen LogP contribution in [0.15, 0.2) is 0 Å². The molecule has 1 unspecified atom stereocenters. The molecule has 0 amide bonds. The second-order valence-corrected chi connectivity index (χ2v) is 4.07. The average molecular weight is 169 g/mol. The standard InChI is InChI=1S/C10H17O2/c1-5-6-8(7-11)9(12)10(2,3)4/h8H,5-6H2,1-4H3.